The SMILES string of the molecule is CC(C)(C)OC(=O)CCC(=O)N=O. The second kappa shape index (κ2) is 4.69. The summed E-state index contributed by atoms with van der Waals surface area (Å²) in [5.74, 6) is -1.32. The van der Waals surface area contributed by atoms with Crippen LogP contribution in [0.15, 0.2) is 5.18 Å². The van der Waals surface area contributed by atoms with Gasteiger partial charge in [0.05, 0.1) is 6.42 Å². The minimum atomic E-state index is -0.828. The highest BCUT2D eigenvalue weighted by atomic mass is 16.6. The number of hydrogen-bond donors (Lipinski definition) is 0. The van der Waals surface area contributed by atoms with Crippen molar-refractivity contribution in [2.75, 3.05) is 0 Å². The van der Waals surface area contributed by atoms with Gasteiger partial charge in [0.25, 0.3) is 5.91 Å². The Hall–Kier alpha value is -1.26. The van der Waals surface area contributed by atoms with Crippen molar-refractivity contribution >= 4 is 11.9 Å². The van der Waals surface area contributed by atoms with E-state index in [1.807, 2.05) is 0 Å². The van der Waals surface area contributed by atoms with Gasteiger partial charge in [0, 0.05) is 11.6 Å². The summed E-state index contributed by atoms with van der Waals surface area (Å²) in [4.78, 5) is 31.0. The van der Waals surface area contributed by atoms with Crippen LogP contribution in [0.25, 0.3) is 0 Å². The summed E-state index contributed by atoms with van der Waals surface area (Å²) >= 11 is 0. The predicted molar refractivity (Wildman–Crippen MR) is 45.9 cm³/mol. The summed E-state index contributed by atoms with van der Waals surface area (Å²) in [6.45, 7) is 5.18. The number of nitroso groups, excluding NO2 is 1. The third-order valence-corrected chi connectivity index (χ3v) is 1.06. The van der Waals surface area contributed by atoms with Crippen molar-refractivity contribution in [3.8, 4) is 0 Å². The first-order valence-corrected chi connectivity index (χ1v) is 3.93. The molecule has 0 rings (SSSR count). The summed E-state index contributed by atoms with van der Waals surface area (Å²) in [5.41, 5.74) is -0.561. The van der Waals surface area contributed by atoms with Gasteiger partial charge >= 0.3 is 5.97 Å². The molecule has 0 fully saturated rings. The largest absolute Gasteiger partial charge is 0.460 e. The van der Waals surface area contributed by atoms with E-state index in [9.17, 15) is 14.5 Å². The normalized spacial score (nSPS) is 10.7. The van der Waals surface area contributed by atoms with E-state index in [0.717, 1.165) is 0 Å². The topological polar surface area (TPSA) is 72.8 Å². The number of nitrogens with zero attached hydrogens (tertiary/aromatic N) is 1. The molecule has 13 heavy (non-hydrogen) atoms. The number of carbonyl (C=O) groups is 2. The smallest absolute Gasteiger partial charge is 0.306 e. The van der Waals surface area contributed by atoms with Gasteiger partial charge in [0.15, 0.2) is 0 Å². The first-order valence-electron chi connectivity index (χ1n) is 3.93. The zero-order chi connectivity index (χ0) is 10.5. The first kappa shape index (κ1) is 11.7. The van der Waals surface area contributed by atoms with Gasteiger partial charge in [0.2, 0.25) is 0 Å². The summed E-state index contributed by atoms with van der Waals surface area (Å²) in [7, 11) is 0. The Morgan fingerprint density at radius 3 is 2.15 bits per heavy atom. The van der Waals surface area contributed by atoms with Crippen molar-refractivity contribution in [2.24, 2.45) is 5.18 Å². The van der Waals surface area contributed by atoms with Crippen molar-refractivity contribution in [3.63, 3.8) is 0 Å². The second-order valence-corrected chi connectivity index (χ2v) is 3.57. The molecule has 5 heteroatoms. The van der Waals surface area contributed by atoms with Crippen LogP contribution in [0, 0.1) is 4.91 Å². The minimum Gasteiger partial charge on any atom is -0.460 e. The van der Waals surface area contributed by atoms with Gasteiger partial charge in [-0.25, -0.2) is 0 Å². The van der Waals surface area contributed by atoms with Crippen LogP contribution in [0.3, 0.4) is 0 Å². The molecule has 0 bridgehead atoms. The molecular weight excluding hydrogens is 174 g/mol. The minimum absolute atomic E-state index is 0.0954. The third-order valence-electron chi connectivity index (χ3n) is 1.06. The summed E-state index contributed by atoms with van der Waals surface area (Å²) in [6.07, 6.45) is -0.278. The van der Waals surface area contributed by atoms with Crippen LogP contribution in [-0.4, -0.2) is 17.5 Å². The van der Waals surface area contributed by atoms with E-state index >= 15 is 0 Å². The first-order chi connectivity index (χ1) is 5.85. The van der Waals surface area contributed by atoms with E-state index in [1.54, 1.807) is 20.8 Å². The van der Waals surface area contributed by atoms with Crippen LogP contribution in [0.4, 0.5) is 0 Å². The molecule has 0 heterocycles. The van der Waals surface area contributed by atoms with Crippen molar-refractivity contribution in [3.05, 3.63) is 4.91 Å². The molecule has 0 N–H and O–H groups in total. The lowest BCUT2D eigenvalue weighted by atomic mass is 10.2. The fraction of sp³-hybridized carbons (Fsp3) is 0.750. The molecule has 0 aromatic rings. The third kappa shape index (κ3) is 7.11. The highest BCUT2D eigenvalue weighted by Crippen LogP contribution is 2.09. The van der Waals surface area contributed by atoms with Crippen molar-refractivity contribution in [1.82, 2.24) is 0 Å². The zero-order valence-electron chi connectivity index (χ0n) is 7.99. The maximum absolute atomic E-state index is 11.0. The standard InChI is InChI=1S/C8H13NO4/c1-8(2,3)13-7(11)5-4-6(10)9-12/h4-5H2,1-3H3. The Balaban J connectivity index is 3.77. The number of esters is 1. The van der Waals surface area contributed by atoms with Crippen molar-refractivity contribution in [1.29, 1.82) is 0 Å². The van der Waals surface area contributed by atoms with Crippen LogP contribution >= 0.6 is 0 Å². The monoisotopic (exact) mass is 187 g/mol. The van der Waals surface area contributed by atoms with Gasteiger partial charge in [-0.1, -0.05) is 0 Å². The average Bonchev–Trinajstić information content (AvgIpc) is 1.97. The fourth-order valence-electron chi connectivity index (χ4n) is 0.647. The number of rotatable bonds is 3. The van der Waals surface area contributed by atoms with Crippen LogP contribution in [0.5, 0.6) is 0 Å². The molecule has 0 saturated heterocycles. The lowest BCUT2D eigenvalue weighted by Gasteiger charge is -2.18. The second-order valence-electron chi connectivity index (χ2n) is 3.57. The van der Waals surface area contributed by atoms with Gasteiger partial charge in [-0.05, 0) is 20.8 Å². The van der Waals surface area contributed by atoms with Crippen LogP contribution < -0.4 is 0 Å². The molecule has 1 amide bonds. The number of amides is 1. The van der Waals surface area contributed by atoms with Crippen LogP contribution in [0.1, 0.15) is 33.6 Å². The maximum Gasteiger partial charge on any atom is 0.306 e. The Labute approximate surface area is 76.4 Å². The van der Waals surface area contributed by atoms with E-state index in [4.69, 9.17) is 4.74 Å². The van der Waals surface area contributed by atoms with E-state index in [2.05, 4.69) is 5.18 Å². The average molecular weight is 187 g/mol. The number of ether oxygens (including phenoxy) is 1. The zero-order valence-corrected chi connectivity index (χ0v) is 7.99. The molecule has 0 spiro atoms. The number of carbonyl (C=O) groups excluding carboxylic acids is 2. The maximum atomic E-state index is 11.0. The lowest BCUT2D eigenvalue weighted by Crippen LogP contribution is -2.24. The van der Waals surface area contributed by atoms with E-state index < -0.39 is 17.5 Å². The molecule has 5 nitrogen and oxygen atoms in total. The molecule has 74 valence electrons. The van der Waals surface area contributed by atoms with Gasteiger partial charge in [-0.15, -0.1) is 4.91 Å². The molecule has 0 unspecified atom stereocenters. The van der Waals surface area contributed by atoms with E-state index in [0.29, 0.717) is 0 Å². The molecule has 0 aromatic heterocycles. The quantitative estimate of drug-likeness (QED) is 0.494. The van der Waals surface area contributed by atoms with Crippen LogP contribution in [0.2, 0.25) is 0 Å². The molecule has 0 saturated carbocycles. The fourth-order valence-corrected chi connectivity index (χ4v) is 0.647. The van der Waals surface area contributed by atoms with E-state index in [-0.39, 0.29) is 12.8 Å². The molecule has 0 aliphatic carbocycles. The van der Waals surface area contributed by atoms with Gasteiger partial charge < -0.3 is 4.74 Å². The van der Waals surface area contributed by atoms with E-state index in [1.165, 1.54) is 0 Å². The van der Waals surface area contributed by atoms with Crippen LogP contribution in [-0.2, 0) is 14.3 Å². The summed E-state index contributed by atoms with van der Waals surface area (Å²) < 4.78 is 4.90. The van der Waals surface area contributed by atoms with Gasteiger partial charge in [-0.3, -0.25) is 9.59 Å². The number of hydrogen-bond acceptors (Lipinski definition) is 4. The predicted octanol–water partition coefficient (Wildman–Crippen LogP) is 1.40. The highest BCUT2D eigenvalue weighted by Gasteiger charge is 2.16. The molecular formula is C8H13NO4. The van der Waals surface area contributed by atoms with Gasteiger partial charge in [0.1, 0.15) is 5.60 Å². The van der Waals surface area contributed by atoms with Crippen molar-refractivity contribution in [2.45, 2.75) is 39.2 Å². The lowest BCUT2D eigenvalue weighted by molar-refractivity contribution is -0.155. The van der Waals surface area contributed by atoms with Crippen molar-refractivity contribution < 1.29 is 14.3 Å². The Morgan fingerprint density at radius 1 is 1.23 bits per heavy atom. The molecule has 0 aliphatic rings. The summed E-state index contributed by atoms with van der Waals surface area (Å²) in [5, 5.41) is 2.16. The molecule has 0 atom stereocenters. The molecule has 0 radical (unpaired) electrons. The Bertz CT molecular complexity index is 217. The van der Waals surface area contributed by atoms with Gasteiger partial charge in [-0.2, -0.15) is 0 Å². The molecule has 0 aliphatic heterocycles. The summed E-state index contributed by atoms with van der Waals surface area (Å²) in [6, 6.07) is 0. The Morgan fingerprint density at radius 2 is 1.77 bits per heavy atom. The molecule has 0 aromatic carbocycles. The Kier molecular flexibility index (Phi) is 4.23. The highest BCUT2D eigenvalue weighted by molar-refractivity contribution is 5.81.